The van der Waals surface area contributed by atoms with Crippen molar-refractivity contribution in [2.45, 2.75) is 0 Å². The van der Waals surface area contributed by atoms with Crippen molar-refractivity contribution >= 4 is 21.8 Å². The van der Waals surface area contributed by atoms with Crippen LogP contribution in [0.1, 0.15) is 10.4 Å². The van der Waals surface area contributed by atoms with Crippen molar-refractivity contribution in [1.82, 2.24) is 4.90 Å². The van der Waals surface area contributed by atoms with Crippen molar-refractivity contribution in [3.63, 3.8) is 0 Å². The summed E-state index contributed by atoms with van der Waals surface area (Å²) < 4.78 is 18.5. The Morgan fingerprint density at radius 3 is 2.78 bits per heavy atom. The minimum atomic E-state index is -0.725. The van der Waals surface area contributed by atoms with Crippen LogP contribution in [-0.4, -0.2) is 48.0 Å². The predicted molar refractivity (Wildman–Crippen MR) is 69.6 cm³/mol. The summed E-state index contributed by atoms with van der Waals surface area (Å²) in [5.74, 6) is -1.34. The van der Waals surface area contributed by atoms with Gasteiger partial charge in [-0.25, -0.2) is 4.39 Å². The van der Waals surface area contributed by atoms with Crippen molar-refractivity contribution in [2.75, 3.05) is 32.1 Å². The molecule has 0 bridgehead atoms. The van der Waals surface area contributed by atoms with E-state index in [1.54, 1.807) is 0 Å². The normalized spacial score (nSPS) is 10.4. The van der Waals surface area contributed by atoms with Crippen LogP contribution in [0, 0.1) is 5.82 Å². The van der Waals surface area contributed by atoms with Crippen LogP contribution in [0.4, 0.5) is 4.39 Å². The highest BCUT2D eigenvalue weighted by Gasteiger charge is 2.18. The lowest BCUT2D eigenvalue weighted by Gasteiger charge is -2.21. The summed E-state index contributed by atoms with van der Waals surface area (Å²) >= 11 is 3.24. The van der Waals surface area contributed by atoms with Crippen LogP contribution in [0.25, 0.3) is 0 Å². The first kappa shape index (κ1) is 14.9. The van der Waals surface area contributed by atoms with Gasteiger partial charge in [0.1, 0.15) is 11.6 Å². The maximum Gasteiger partial charge on any atom is 0.256 e. The molecule has 0 radical (unpaired) electrons. The zero-order valence-corrected chi connectivity index (χ0v) is 11.6. The van der Waals surface area contributed by atoms with Gasteiger partial charge in [0.2, 0.25) is 0 Å². The van der Waals surface area contributed by atoms with E-state index in [2.05, 4.69) is 15.9 Å². The number of benzene rings is 1. The highest BCUT2D eigenvalue weighted by Crippen LogP contribution is 2.16. The highest BCUT2D eigenvalue weighted by atomic mass is 79.9. The molecule has 1 N–H and O–H groups in total. The van der Waals surface area contributed by atoms with Gasteiger partial charge in [0.05, 0.1) is 12.2 Å². The number of aromatic hydroxyl groups is 1. The number of rotatable bonds is 6. The number of phenols is 1. The summed E-state index contributed by atoms with van der Waals surface area (Å²) in [5, 5.41) is 9.71. The van der Waals surface area contributed by atoms with Crippen LogP contribution < -0.4 is 0 Å². The number of halogens is 2. The molecule has 0 unspecified atom stereocenters. The molecule has 0 aliphatic carbocycles. The van der Waals surface area contributed by atoms with Crippen LogP contribution in [0.2, 0.25) is 0 Å². The fourth-order valence-corrected chi connectivity index (χ4v) is 1.89. The molecule has 6 heteroatoms. The summed E-state index contributed by atoms with van der Waals surface area (Å²) in [6, 6.07) is 3.50. The minimum absolute atomic E-state index is 0.0511. The van der Waals surface area contributed by atoms with Gasteiger partial charge in [-0.05, 0) is 12.1 Å². The number of hydrogen-bond donors (Lipinski definition) is 1. The first-order valence-electron chi connectivity index (χ1n) is 5.42. The molecule has 1 aromatic carbocycles. The van der Waals surface area contributed by atoms with E-state index >= 15 is 0 Å². The number of carbonyl (C=O) groups is 1. The molecule has 0 fully saturated rings. The number of carbonyl (C=O) groups excluding carboxylic acids is 1. The maximum absolute atomic E-state index is 13.6. The zero-order chi connectivity index (χ0) is 13.5. The summed E-state index contributed by atoms with van der Waals surface area (Å²) in [4.78, 5) is 13.6. The van der Waals surface area contributed by atoms with Gasteiger partial charge in [-0.1, -0.05) is 15.9 Å². The van der Waals surface area contributed by atoms with Crippen LogP contribution in [-0.2, 0) is 4.74 Å². The molecule has 0 heterocycles. The predicted octanol–water partition coefficient (Wildman–Crippen LogP) is 2.01. The van der Waals surface area contributed by atoms with E-state index in [1.807, 2.05) is 0 Å². The van der Waals surface area contributed by atoms with Crippen molar-refractivity contribution in [3.8, 4) is 5.75 Å². The Balaban J connectivity index is 2.87. The first-order chi connectivity index (χ1) is 8.60. The molecule has 100 valence electrons. The summed E-state index contributed by atoms with van der Waals surface area (Å²) in [6.07, 6.45) is 0. The molecule has 0 saturated carbocycles. The number of nitrogens with zero attached hydrogens (tertiary/aromatic N) is 1. The largest absolute Gasteiger partial charge is 0.508 e. The Labute approximate surface area is 113 Å². The van der Waals surface area contributed by atoms with Gasteiger partial charge in [-0.2, -0.15) is 0 Å². The molecule has 1 rings (SSSR count). The van der Waals surface area contributed by atoms with Crippen LogP contribution >= 0.6 is 15.9 Å². The molecule has 18 heavy (non-hydrogen) atoms. The third-order valence-corrected chi connectivity index (χ3v) is 2.74. The molecule has 0 aromatic heterocycles. The third-order valence-electron chi connectivity index (χ3n) is 2.39. The molecule has 0 spiro atoms. The number of phenolic OH excluding ortho intramolecular Hbond substituents is 1. The quantitative estimate of drug-likeness (QED) is 0.816. The van der Waals surface area contributed by atoms with Gasteiger partial charge in [0, 0.05) is 31.6 Å². The van der Waals surface area contributed by atoms with Gasteiger partial charge in [0.15, 0.2) is 0 Å². The van der Waals surface area contributed by atoms with Crippen LogP contribution in [0.5, 0.6) is 5.75 Å². The molecule has 0 aliphatic rings. The Kier molecular flexibility index (Phi) is 6.07. The zero-order valence-electron chi connectivity index (χ0n) is 10.0. The Hall–Kier alpha value is -1.14. The number of hydrogen-bond acceptors (Lipinski definition) is 3. The number of amides is 1. The van der Waals surface area contributed by atoms with E-state index in [9.17, 15) is 9.18 Å². The topological polar surface area (TPSA) is 49.8 Å². The van der Waals surface area contributed by atoms with Crippen LogP contribution in [0.15, 0.2) is 18.2 Å². The molecule has 0 atom stereocenters. The Morgan fingerprint density at radius 2 is 2.22 bits per heavy atom. The Morgan fingerprint density at radius 1 is 1.50 bits per heavy atom. The van der Waals surface area contributed by atoms with Crippen LogP contribution in [0.3, 0.4) is 0 Å². The number of methoxy groups -OCH3 is 1. The van der Waals surface area contributed by atoms with E-state index in [-0.39, 0.29) is 11.3 Å². The van der Waals surface area contributed by atoms with Gasteiger partial charge in [-0.3, -0.25) is 4.79 Å². The molecule has 0 saturated heterocycles. The van der Waals surface area contributed by atoms with Gasteiger partial charge in [-0.15, -0.1) is 0 Å². The number of ether oxygens (including phenoxy) is 1. The van der Waals surface area contributed by atoms with E-state index in [4.69, 9.17) is 9.84 Å². The highest BCUT2D eigenvalue weighted by molar-refractivity contribution is 9.09. The minimum Gasteiger partial charge on any atom is -0.508 e. The standard InChI is InChI=1S/C12H15BrFNO3/c1-18-7-6-15(5-4-13)12(17)10-3-2-9(16)8-11(10)14/h2-3,8,16H,4-7H2,1H3. The lowest BCUT2D eigenvalue weighted by molar-refractivity contribution is 0.0704. The summed E-state index contributed by atoms with van der Waals surface area (Å²) in [7, 11) is 1.54. The Bertz CT molecular complexity index is 414. The van der Waals surface area contributed by atoms with Crippen molar-refractivity contribution in [3.05, 3.63) is 29.6 Å². The molecular weight excluding hydrogens is 305 g/mol. The molecular formula is C12H15BrFNO3. The van der Waals surface area contributed by atoms with Crippen molar-refractivity contribution in [1.29, 1.82) is 0 Å². The molecule has 1 amide bonds. The fraction of sp³-hybridized carbons (Fsp3) is 0.417. The van der Waals surface area contributed by atoms with Crippen molar-refractivity contribution in [2.24, 2.45) is 0 Å². The van der Waals surface area contributed by atoms with E-state index in [0.29, 0.717) is 25.0 Å². The molecule has 0 aliphatic heterocycles. The maximum atomic E-state index is 13.6. The van der Waals surface area contributed by atoms with Gasteiger partial charge in [0.25, 0.3) is 5.91 Å². The molecule has 4 nitrogen and oxygen atoms in total. The summed E-state index contributed by atoms with van der Waals surface area (Å²) in [5.41, 5.74) is -0.0511. The monoisotopic (exact) mass is 319 g/mol. The number of alkyl halides is 1. The van der Waals surface area contributed by atoms with E-state index in [0.717, 1.165) is 6.07 Å². The second-order valence-electron chi connectivity index (χ2n) is 3.64. The second-order valence-corrected chi connectivity index (χ2v) is 4.43. The van der Waals surface area contributed by atoms with Crippen molar-refractivity contribution < 1.29 is 19.0 Å². The van der Waals surface area contributed by atoms with Gasteiger partial charge < -0.3 is 14.7 Å². The van der Waals surface area contributed by atoms with Gasteiger partial charge >= 0.3 is 0 Å². The average Bonchev–Trinajstić information content (AvgIpc) is 2.33. The SMILES string of the molecule is COCCN(CCBr)C(=O)c1ccc(O)cc1F. The fourth-order valence-electron chi connectivity index (χ4n) is 1.47. The lowest BCUT2D eigenvalue weighted by atomic mass is 10.1. The van der Waals surface area contributed by atoms with E-state index < -0.39 is 11.7 Å². The lowest BCUT2D eigenvalue weighted by Crippen LogP contribution is -2.35. The summed E-state index contributed by atoms with van der Waals surface area (Å²) in [6.45, 7) is 1.24. The third kappa shape index (κ3) is 3.96. The molecule has 1 aromatic rings. The smallest absolute Gasteiger partial charge is 0.256 e. The second kappa shape index (κ2) is 7.33. The van der Waals surface area contributed by atoms with E-state index in [1.165, 1.54) is 24.1 Å². The first-order valence-corrected chi connectivity index (χ1v) is 6.55. The average molecular weight is 320 g/mol.